The Morgan fingerprint density at radius 3 is 2.90 bits per heavy atom. The average Bonchev–Trinajstić information content (AvgIpc) is 3.12. The molecule has 0 aliphatic heterocycles. The van der Waals surface area contributed by atoms with Crippen LogP contribution in [0.2, 0.25) is 0 Å². The monoisotopic (exact) mass is 336 g/mol. The van der Waals surface area contributed by atoms with E-state index < -0.39 is 0 Å². The Morgan fingerprint density at radius 2 is 2.24 bits per heavy atom. The lowest BCUT2D eigenvalue weighted by Crippen LogP contribution is -2.13. The van der Waals surface area contributed by atoms with Crippen molar-refractivity contribution in [2.45, 2.75) is 13.3 Å². The van der Waals surface area contributed by atoms with Crippen LogP contribution in [-0.4, -0.2) is 15.9 Å². The number of anilines is 2. The van der Waals surface area contributed by atoms with Gasteiger partial charge in [-0.25, -0.2) is 9.97 Å². The van der Waals surface area contributed by atoms with Gasteiger partial charge in [0.15, 0.2) is 10.3 Å². The Kier molecular flexibility index (Phi) is 4.00. The maximum absolute atomic E-state index is 12.0. The third-order valence-corrected chi connectivity index (χ3v) is 5.36. The Hall–Kier alpha value is -1.77. The van der Waals surface area contributed by atoms with Crippen LogP contribution in [0.15, 0.2) is 22.9 Å². The van der Waals surface area contributed by atoms with Gasteiger partial charge in [0.25, 0.3) is 0 Å². The van der Waals surface area contributed by atoms with Gasteiger partial charge in [0.1, 0.15) is 0 Å². The number of carbonyl (C=O) groups is 1. The fourth-order valence-corrected chi connectivity index (χ4v) is 4.09. The molecule has 0 aliphatic rings. The van der Waals surface area contributed by atoms with Crippen molar-refractivity contribution in [2.75, 3.05) is 11.1 Å². The third kappa shape index (κ3) is 3.29. The summed E-state index contributed by atoms with van der Waals surface area (Å²) in [6.07, 6.45) is 0.370. The van der Waals surface area contributed by atoms with Crippen LogP contribution in [0.1, 0.15) is 10.6 Å². The van der Waals surface area contributed by atoms with Crippen molar-refractivity contribution in [1.82, 2.24) is 9.97 Å². The minimum absolute atomic E-state index is 0.0597. The first-order chi connectivity index (χ1) is 10.1. The zero-order chi connectivity index (χ0) is 14.8. The second kappa shape index (κ2) is 5.92. The maximum atomic E-state index is 12.0. The number of nitrogen functional groups attached to an aromatic ring is 1. The van der Waals surface area contributed by atoms with Crippen molar-refractivity contribution >= 4 is 50.2 Å². The first kappa shape index (κ1) is 14.2. The molecule has 0 radical (unpaired) electrons. The molecule has 3 N–H and O–H groups in total. The molecule has 3 aromatic heterocycles. The van der Waals surface area contributed by atoms with Crippen molar-refractivity contribution in [3.8, 4) is 10.6 Å². The normalized spacial score (nSPS) is 10.7. The molecule has 108 valence electrons. The molecule has 0 bridgehead atoms. The van der Waals surface area contributed by atoms with Crippen LogP contribution in [0.3, 0.4) is 0 Å². The van der Waals surface area contributed by atoms with E-state index in [0.29, 0.717) is 16.7 Å². The summed E-state index contributed by atoms with van der Waals surface area (Å²) in [5.74, 6) is -0.0597. The van der Waals surface area contributed by atoms with Crippen molar-refractivity contribution < 1.29 is 4.79 Å². The van der Waals surface area contributed by atoms with Gasteiger partial charge in [-0.1, -0.05) is 17.4 Å². The second-order valence-corrected chi connectivity index (χ2v) is 7.23. The largest absolute Gasteiger partial charge is 0.375 e. The van der Waals surface area contributed by atoms with E-state index in [1.165, 1.54) is 22.7 Å². The highest BCUT2D eigenvalue weighted by Crippen LogP contribution is 2.33. The Morgan fingerprint density at radius 1 is 1.38 bits per heavy atom. The summed E-state index contributed by atoms with van der Waals surface area (Å²) < 4.78 is 0. The Balaban J connectivity index is 1.73. The minimum Gasteiger partial charge on any atom is -0.375 e. The van der Waals surface area contributed by atoms with Gasteiger partial charge in [-0.2, -0.15) is 0 Å². The predicted octanol–water partition coefficient (Wildman–Crippen LogP) is 3.40. The number of aryl methyl sites for hydroxylation is 1. The lowest BCUT2D eigenvalue weighted by atomic mass is 10.3. The fraction of sp³-hybridized carbons (Fsp3) is 0.154. The van der Waals surface area contributed by atoms with Crippen LogP contribution < -0.4 is 11.1 Å². The lowest BCUT2D eigenvalue weighted by Gasteiger charge is -1.98. The number of nitrogens with zero attached hydrogens (tertiary/aromatic N) is 2. The number of rotatable bonds is 4. The SMILES string of the molecule is Cc1nc(NC(=O)Cc2cccs2)sc1-c1csc(N)n1. The van der Waals surface area contributed by atoms with Crippen molar-refractivity contribution in [1.29, 1.82) is 0 Å². The number of hydrogen-bond donors (Lipinski definition) is 2. The summed E-state index contributed by atoms with van der Waals surface area (Å²) in [6, 6.07) is 3.88. The van der Waals surface area contributed by atoms with Gasteiger partial charge < -0.3 is 11.1 Å². The summed E-state index contributed by atoms with van der Waals surface area (Å²) in [4.78, 5) is 22.6. The van der Waals surface area contributed by atoms with Gasteiger partial charge in [0.05, 0.1) is 22.7 Å². The third-order valence-electron chi connectivity index (χ3n) is 2.71. The van der Waals surface area contributed by atoms with Crippen molar-refractivity contribution in [3.63, 3.8) is 0 Å². The fourth-order valence-electron chi connectivity index (χ4n) is 1.81. The Labute approximate surface area is 133 Å². The van der Waals surface area contributed by atoms with Gasteiger partial charge in [0.2, 0.25) is 5.91 Å². The Bertz CT molecular complexity index is 760. The molecule has 1 amide bonds. The lowest BCUT2D eigenvalue weighted by molar-refractivity contribution is -0.115. The molecule has 0 aliphatic carbocycles. The first-order valence-electron chi connectivity index (χ1n) is 6.13. The van der Waals surface area contributed by atoms with E-state index in [2.05, 4.69) is 15.3 Å². The molecular formula is C13H12N4OS3. The van der Waals surface area contributed by atoms with E-state index in [9.17, 15) is 4.79 Å². The molecule has 5 nitrogen and oxygen atoms in total. The zero-order valence-corrected chi connectivity index (χ0v) is 13.6. The smallest absolute Gasteiger partial charge is 0.231 e. The number of nitrogens with two attached hydrogens (primary N) is 1. The van der Waals surface area contributed by atoms with Gasteiger partial charge in [-0.15, -0.1) is 22.7 Å². The molecular weight excluding hydrogens is 324 g/mol. The molecule has 3 rings (SSSR count). The van der Waals surface area contributed by atoms with Crippen LogP contribution >= 0.6 is 34.0 Å². The van der Waals surface area contributed by atoms with E-state index in [-0.39, 0.29) is 5.91 Å². The van der Waals surface area contributed by atoms with Gasteiger partial charge in [0, 0.05) is 10.3 Å². The number of thiazole rings is 2. The molecule has 0 saturated carbocycles. The summed E-state index contributed by atoms with van der Waals surface area (Å²) in [7, 11) is 0. The van der Waals surface area contributed by atoms with Gasteiger partial charge in [-0.3, -0.25) is 4.79 Å². The molecule has 0 unspecified atom stereocenters. The van der Waals surface area contributed by atoms with Crippen LogP contribution in [0.5, 0.6) is 0 Å². The zero-order valence-electron chi connectivity index (χ0n) is 11.1. The summed E-state index contributed by atoms with van der Waals surface area (Å²) in [5, 5.41) is 7.81. The highest BCUT2D eigenvalue weighted by molar-refractivity contribution is 7.19. The van der Waals surface area contributed by atoms with E-state index in [4.69, 9.17) is 5.73 Å². The highest BCUT2D eigenvalue weighted by Gasteiger charge is 2.14. The van der Waals surface area contributed by atoms with Crippen molar-refractivity contribution in [2.24, 2.45) is 0 Å². The standard InChI is InChI=1S/C13H12N4OS3/c1-7-11(9-6-20-12(14)16-9)21-13(15-7)17-10(18)5-8-3-2-4-19-8/h2-4,6H,5H2,1H3,(H2,14,16)(H,15,17,18). The summed E-state index contributed by atoms with van der Waals surface area (Å²) in [6.45, 7) is 1.90. The number of thiophene rings is 1. The molecule has 0 fully saturated rings. The maximum Gasteiger partial charge on any atom is 0.231 e. The van der Waals surface area contributed by atoms with E-state index >= 15 is 0 Å². The van der Waals surface area contributed by atoms with Crippen LogP contribution in [0.4, 0.5) is 10.3 Å². The van der Waals surface area contributed by atoms with Crippen molar-refractivity contribution in [3.05, 3.63) is 33.5 Å². The van der Waals surface area contributed by atoms with E-state index in [1.807, 2.05) is 29.8 Å². The molecule has 21 heavy (non-hydrogen) atoms. The summed E-state index contributed by atoms with van der Waals surface area (Å²) >= 11 is 4.38. The van der Waals surface area contributed by atoms with E-state index in [1.54, 1.807) is 11.3 Å². The summed E-state index contributed by atoms with van der Waals surface area (Å²) in [5.41, 5.74) is 7.31. The topological polar surface area (TPSA) is 80.9 Å². The number of carbonyl (C=O) groups excluding carboxylic acids is 1. The first-order valence-corrected chi connectivity index (χ1v) is 8.70. The molecule has 8 heteroatoms. The highest BCUT2D eigenvalue weighted by atomic mass is 32.1. The van der Waals surface area contributed by atoms with Gasteiger partial charge in [-0.05, 0) is 18.4 Å². The quantitative estimate of drug-likeness (QED) is 0.765. The number of hydrogen-bond acceptors (Lipinski definition) is 7. The average molecular weight is 336 g/mol. The molecule has 0 spiro atoms. The molecule has 0 aromatic carbocycles. The van der Waals surface area contributed by atoms with Crippen LogP contribution in [-0.2, 0) is 11.2 Å². The van der Waals surface area contributed by atoms with E-state index in [0.717, 1.165) is 21.1 Å². The molecule has 3 heterocycles. The van der Waals surface area contributed by atoms with Crippen LogP contribution in [0, 0.1) is 6.92 Å². The molecule has 0 saturated heterocycles. The number of amides is 1. The second-order valence-electron chi connectivity index (χ2n) is 4.31. The number of nitrogens with one attached hydrogen (secondary N) is 1. The molecule has 3 aromatic rings. The molecule has 0 atom stereocenters. The van der Waals surface area contributed by atoms with Gasteiger partial charge >= 0.3 is 0 Å². The minimum atomic E-state index is -0.0597. The van der Waals surface area contributed by atoms with Crippen LogP contribution in [0.25, 0.3) is 10.6 Å². The number of aromatic nitrogens is 2. The predicted molar refractivity (Wildman–Crippen MR) is 89.0 cm³/mol.